The van der Waals surface area contributed by atoms with Gasteiger partial charge in [-0.05, 0) is 31.9 Å². The first-order valence-electron chi connectivity index (χ1n) is 7.06. The monoisotopic (exact) mass is 348 g/mol. The molecule has 8 heteroatoms. The van der Waals surface area contributed by atoms with Gasteiger partial charge < -0.3 is 19.9 Å². The molecule has 2 heterocycles. The topological polar surface area (TPSA) is 113 Å². The zero-order chi connectivity index (χ0) is 17.7. The Kier molecular flexibility index (Phi) is 5.39. The van der Waals surface area contributed by atoms with Crippen LogP contribution in [0.15, 0.2) is 21.9 Å². The summed E-state index contributed by atoms with van der Waals surface area (Å²) in [5, 5.41) is 23.1. The van der Waals surface area contributed by atoms with E-state index in [1.807, 2.05) is 0 Å². The fourth-order valence-electron chi connectivity index (χ4n) is 1.64. The number of amides is 1. The Morgan fingerprint density at radius 1 is 1.42 bits per heavy atom. The maximum Gasteiger partial charge on any atom is 0.355 e. The third kappa shape index (κ3) is 5.22. The molecule has 0 aliphatic carbocycles. The first kappa shape index (κ1) is 17.7. The number of nitrogens with zero attached hydrogens (tertiary/aromatic N) is 1. The molecule has 2 rings (SSSR count). The van der Waals surface area contributed by atoms with Gasteiger partial charge >= 0.3 is 5.97 Å². The van der Waals surface area contributed by atoms with E-state index in [1.165, 1.54) is 22.8 Å². The number of rotatable bonds is 5. The van der Waals surface area contributed by atoms with Crippen LogP contribution in [-0.4, -0.2) is 39.2 Å². The lowest BCUT2D eigenvalue weighted by Gasteiger charge is -2.05. The maximum absolute atomic E-state index is 11.9. The molecular formula is C16H16N2O5S. The zero-order valence-corrected chi connectivity index (χ0v) is 13.9. The minimum absolute atomic E-state index is 0.00221. The van der Waals surface area contributed by atoms with Crippen LogP contribution in [0.5, 0.6) is 0 Å². The highest BCUT2D eigenvalue weighted by Crippen LogP contribution is 2.11. The van der Waals surface area contributed by atoms with E-state index in [1.54, 1.807) is 19.9 Å². The van der Waals surface area contributed by atoms with E-state index in [0.29, 0.717) is 18.0 Å². The molecule has 1 amide bonds. The fourth-order valence-corrected chi connectivity index (χ4v) is 2.41. The van der Waals surface area contributed by atoms with Gasteiger partial charge in [0.05, 0.1) is 5.01 Å². The van der Waals surface area contributed by atoms with Crippen LogP contribution in [0.4, 0.5) is 0 Å². The van der Waals surface area contributed by atoms with Crippen molar-refractivity contribution in [3.63, 3.8) is 0 Å². The van der Waals surface area contributed by atoms with E-state index in [9.17, 15) is 14.7 Å². The molecule has 7 nitrogen and oxygen atoms in total. The van der Waals surface area contributed by atoms with Crippen LogP contribution in [0.2, 0.25) is 0 Å². The van der Waals surface area contributed by atoms with Gasteiger partial charge in [-0.3, -0.25) is 4.79 Å². The number of hydrogen-bond donors (Lipinski definition) is 3. The molecule has 0 bridgehead atoms. The summed E-state index contributed by atoms with van der Waals surface area (Å²) in [6.45, 7) is 3.40. The predicted octanol–water partition coefficient (Wildman–Crippen LogP) is 1.53. The molecule has 0 fully saturated rings. The summed E-state index contributed by atoms with van der Waals surface area (Å²) in [7, 11) is 0. The van der Waals surface area contributed by atoms with Crippen LogP contribution in [0, 0.1) is 11.8 Å². The quantitative estimate of drug-likeness (QED) is 0.706. The molecule has 0 aliphatic heterocycles. The highest BCUT2D eigenvalue weighted by molar-refractivity contribution is 7.09. The molecule has 0 saturated heterocycles. The lowest BCUT2D eigenvalue weighted by Crippen LogP contribution is -2.25. The van der Waals surface area contributed by atoms with E-state index in [-0.39, 0.29) is 17.2 Å². The second kappa shape index (κ2) is 7.29. The van der Waals surface area contributed by atoms with Gasteiger partial charge in [0.15, 0.2) is 17.2 Å². The van der Waals surface area contributed by atoms with Crippen LogP contribution < -0.4 is 5.32 Å². The van der Waals surface area contributed by atoms with Gasteiger partial charge in [0.2, 0.25) is 0 Å². The molecule has 0 radical (unpaired) electrons. The van der Waals surface area contributed by atoms with E-state index >= 15 is 0 Å². The molecular weight excluding hydrogens is 332 g/mol. The van der Waals surface area contributed by atoms with E-state index < -0.39 is 17.5 Å². The SMILES string of the molecule is CC(C)(O)C#Cc1ccc(C(=O)NCCc2nc(C(=O)O)cs2)o1. The van der Waals surface area contributed by atoms with Crippen molar-refractivity contribution in [2.24, 2.45) is 0 Å². The molecule has 0 spiro atoms. The fraction of sp³-hybridized carbons (Fsp3) is 0.312. The van der Waals surface area contributed by atoms with Crippen molar-refractivity contribution in [2.75, 3.05) is 6.54 Å². The zero-order valence-electron chi connectivity index (χ0n) is 13.1. The van der Waals surface area contributed by atoms with Gasteiger partial charge in [-0.25, -0.2) is 9.78 Å². The van der Waals surface area contributed by atoms with E-state index in [4.69, 9.17) is 9.52 Å². The molecule has 0 saturated carbocycles. The second-order valence-electron chi connectivity index (χ2n) is 5.41. The van der Waals surface area contributed by atoms with Crippen molar-refractivity contribution in [1.82, 2.24) is 10.3 Å². The Hall–Kier alpha value is -2.63. The number of carbonyl (C=O) groups excluding carboxylic acids is 1. The number of furan rings is 1. The third-order valence-electron chi connectivity index (χ3n) is 2.72. The lowest BCUT2D eigenvalue weighted by molar-refractivity contribution is 0.0690. The van der Waals surface area contributed by atoms with Crippen LogP contribution in [0.3, 0.4) is 0 Å². The smallest absolute Gasteiger partial charge is 0.355 e. The van der Waals surface area contributed by atoms with Crippen molar-refractivity contribution in [1.29, 1.82) is 0 Å². The average molecular weight is 348 g/mol. The summed E-state index contributed by atoms with van der Waals surface area (Å²) in [5.41, 5.74) is -1.14. The highest BCUT2D eigenvalue weighted by Gasteiger charge is 2.12. The minimum Gasteiger partial charge on any atom is -0.476 e. The van der Waals surface area contributed by atoms with Crippen molar-refractivity contribution in [2.45, 2.75) is 25.9 Å². The van der Waals surface area contributed by atoms with Crippen LogP contribution in [0.25, 0.3) is 0 Å². The van der Waals surface area contributed by atoms with Gasteiger partial charge in [-0.15, -0.1) is 11.3 Å². The molecule has 0 aliphatic rings. The Labute approximate surface area is 142 Å². The summed E-state index contributed by atoms with van der Waals surface area (Å²) >= 11 is 1.23. The molecule has 0 aromatic carbocycles. The Balaban J connectivity index is 1.87. The standard InChI is InChI=1S/C16H16N2O5S/c1-16(2,22)7-5-10-3-4-12(23-10)14(19)17-8-6-13-18-11(9-24-13)15(20)21/h3-4,9,22H,6,8H2,1-2H3,(H,17,19)(H,20,21). The number of aliphatic hydroxyl groups is 1. The summed E-state index contributed by atoms with van der Waals surface area (Å²) < 4.78 is 5.29. The van der Waals surface area contributed by atoms with Crippen molar-refractivity contribution < 1.29 is 24.2 Å². The van der Waals surface area contributed by atoms with Crippen molar-refractivity contribution in [3.05, 3.63) is 39.7 Å². The van der Waals surface area contributed by atoms with Gasteiger partial charge in [0, 0.05) is 18.3 Å². The first-order chi connectivity index (χ1) is 11.2. The number of carbonyl (C=O) groups is 2. The van der Waals surface area contributed by atoms with Gasteiger partial charge in [0.1, 0.15) is 5.60 Å². The number of aromatic nitrogens is 1. The molecule has 3 N–H and O–H groups in total. The number of thiazole rings is 1. The summed E-state index contributed by atoms with van der Waals surface area (Å²) in [4.78, 5) is 26.6. The third-order valence-corrected chi connectivity index (χ3v) is 3.63. The van der Waals surface area contributed by atoms with Crippen molar-refractivity contribution in [3.8, 4) is 11.8 Å². The predicted molar refractivity (Wildman–Crippen MR) is 87.0 cm³/mol. The normalized spacial score (nSPS) is 10.8. The van der Waals surface area contributed by atoms with E-state index in [0.717, 1.165) is 0 Å². The van der Waals surface area contributed by atoms with Gasteiger partial charge in [-0.1, -0.05) is 5.92 Å². The molecule has 0 unspecified atom stereocenters. The van der Waals surface area contributed by atoms with Crippen LogP contribution in [-0.2, 0) is 6.42 Å². The largest absolute Gasteiger partial charge is 0.476 e. The van der Waals surface area contributed by atoms with Gasteiger partial charge in [0.25, 0.3) is 5.91 Å². The summed E-state index contributed by atoms with van der Waals surface area (Å²) in [6.07, 6.45) is 0.426. The second-order valence-corrected chi connectivity index (χ2v) is 6.35. The average Bonchev–Trinajstić information content (AvgIpc) is 3.13. The molecule has 2 aromatic rings. The van der Waals surface area contributed by atoms with E-state index in [2.05, 4.69) is 22.1 Å². The highest BCUT2D eigenvalue weighted by atomic mass is 32.1. The molecule has 0 atom stereocenters. The Morgan fingerprint density at radius 2 is 2.17 bits per heavy atom. The molecule has 24 heavy (non-hydrogen) atoms. The van der Waals surface area contributed by atoms with Gasteiger partial charge in [-0.2, -0.15) is 0 Å². The number of carboxylic acids is 1. The molecule has 2 aromatic heterocycles. The summed E-state index contributed by atoms with van der Waals surface area (Å²) in [6, 6.07) is 3.04. The minimum atomic E-state index is -1.14. The first-order valence-corrected chi connectivity index (χ1v) is 7.94. The van der Waals surface area contributed by atoms with Crippen LogP contribution in [0.1, 0.15) is 45.7 Å². The molecule has 126 valence electrons. The van der Waals surface area contributed by atoms with Crippen molar-refractivity contribution >= 4 is 23.2 Å². The maximum atomic E-state index is 11.9. The Morgan fingerprint density at radius 3 is 2.79 bits per heavy atom. The number of aromatic carboxylic acids is 1. The number of nitrogens with one attached hydrogen (secondary N) is 1. The lowest BCUT2D eigenvalue weighted by atomic mass is 10.1. The van der Waals surface area contributed by atoms with Crippen LogP contribution >= 0.6 is 11.3 Å². The number of hydrogen-bond acceptors (Lipinski definition) is 6. The number of carboxylic acid groups (broad SMARTS) is 1. The summed E-state index contributed by atoms with van der Waals surface area (Å²) in [5.74, 6) is 4.16. The Bertz CT molecular complexity index is 804.